The van der Waals surface area contributed by atoms with E-state index in [1.165, 1.54) is 23.5 Å². The molecule has 1 aromatic heterocycles. The molecule has 1 heterocycles. The second-order valence-corrected chi connectivity index (χ2v) is 6.31. The van der Waals surface area contributed by atoms with Gasteiger partial charge in [0.25, 0.3) is 5.91 Å². The number of thiazole rings is 1. The van der Waals surface area contributed by atoms with E-state index in [-0.39, 0.29) is 11.7 Å². The fraction of sp³-hybridized carbons (Fsp3) is 0.111. The third kappa shape index (κ3) is 3.44. The lowest BCUT2D eigenvalue weighted by Gasteiger charge is -2.07. The first-order valence-corrected chi connectivity index (χ1v) is 8.07. The van der Waals surface area contributed by atoms with E-state index >= 15 is 0 Å². The van der Waals surface area contributed by atoms with Crippen molar-refractivity contribution in [2.45, 2.75) is 6.92 Å². The molecule has 0 bridgehead atoms. The zero-order valence-electron chi connectivity index (χ0n) is 13.2. The number of nitrogens with one attached hydrogen (secondary N) is 1. The van der Waals surface area contributed by atoms with Crippen molar-refractivity contribution in [3.05, 3.63) is 65.0 Å². The minimum Gasteiger partial charge on any atom is -0.497 e. The number of carbonyl (C=O) groups excluding carboxylic acids is 1. The first kappa shape index (κ1) is 16.1. The van der Waals surface area contributed by atoms with Gasteiger partial charge in [-0.1, -0.05) is 18.2 Å². The molecular weight excluding hydrogens is 327 g/mol. The number of hydrogen-bond donors (Lipinski definition) is 1. The van der Waals surface area contributed by atoms with Gasteiger partial charge in [0.15, 0.2) is 0 Å². The highest BCUT2D eigenvalue weighted by atomic mass is 32.1. The molecule has 2 aromatic carbocycles. The number of anilines is 1. The van der Waals surface area contributed by atoms with Crippen LogP contribution in [0.15, 0.2) is 48.5 Å². The van der Waals surface area contributed by atoms with Crippen LogP contribution in [0.2, 0.25) is 0 Å². The summed E-state index contributed by atoms with van der Waals surface area (Å²) < 4.78 is 18.3. The second kappa shape index (κ2) is 6.80. The minimum atomic E-state index is -0.317. The Labute approximate surface area is 142 Å². The number of aromatic nitrogens is 1. The molecule has 1 N–H and O–H groups in total. The predicted molar refractivity (Wildman–Crippen MR) is 93.2 cm³/mol. The van der Waals surface area contributed by atoms with E-state index in [1.54, 1.807) is 43.5 Å². The molecule has 1 amide bonds. The number of halogens is 1. The molecule has 0 unspecified atom stereocenters. The number of amides is 1. The molecule has 0 aliphatic rings. The quantitative estimate of drug-likeness (QED) is 0.758. The SMILES string of the molecule is COc1cccc(NC(=O)c2nc(C)sc2-c2ccc(F)cc2)c1. The number of aryl methyl sites for hydroxylation is 1. The van der Waals surface area contributed by atoms with Gasteiger partial charge in [0.2, 0.25) is 0 Å². The average Bonchev–Trinajstić information content (AvgIpc) is 2.97. The van der Waals surface area contributed by atoms with E-state index in [2.05, 4.69) is 10.3 Å². The number of ether oxygens (including phenoxy) is 1. The van der Waals surface area contributed by atoms with Gasteiger partial charge in [-0.05, 0) is 36.8 Å². The van der Waals surface area contributed by atoms with Gasteiger partial charge in [-0.2, -0.15) is 0 Å². The Kier molecular flexibility index (Phi) is 4.57. The molecule has 0 aliphatic carbocycles. The summed E-state index contributed by atoms with van der Waals surface area (Å²) in [6.45, 7) is 1.83. The van der Waals surface area contributed by atoms with Crippen molar-refractivity contribution in [2.75, 3.05) is 12.4 Å². The minimum absolute atomic E-state index is 0.313. The highest BCUT2D eigenvalue weighted by Crippen LogP contribution is 2.31. The molecule has 24 heavy (non-hydrogen) atoms. The number of carbonyl (C=O) groups is 1. The number of methoxy groups -OCH3 is 1. The van der Waals surface area contributed by atoms with Gasteiger partial charge in [0.1, 0.15) is 17.3 Å². The molecular formula is C18H15FN2O2S. The van der Waals surface area contributed by atoms with E-state index < -0.39 is 0 Å². The van der Waals surface area contributed by atoms with Gasteiger partial charge >= 0.3 is 0 Å². The highest BCUT2D eigenvalue weighted by molar-refractivity contribution is 7.15. The lowest BCUT2D eigenvalue weighted by atomic mass is 10.1. The van der Waals surface area contributed by atoms with E-state index in [4.69, 9.17) is 4.74 Å². The zero-order chi connectivity index (χ0) is 17.1. The molecule has 0 atom stereocenters. The smallest absolute Gasteiger partial charge is 0.275 e. The summed E-state index contributed by atoms with van der Waals surface area (Å²) >= 11 is 1.40. The van der Waals surface area contributed by atoms with Gasteiger partial charge in [0.05, 0.1) is 17.0 Å². The van der Waals surface area contributed by atoms with Crippen molar-refractivity contribution in [1.82, 2.24) is 4.98 Å². The molecule has 122 valence electrons. The second-order valence-electron chi connectivity index (χ2n) is 5.10. The summed E-state index contributed by atoms with van der Waals surface area (Å²) in [5.74, 6) is 0.0234. The lowest BCUT2D eigenvalue weighted by molar-refractivity contribution is 0.102. The van der Waals surface area contributed by atoms with Crippen LogP contribution in [0.1, 0.15) is 15.5 Å². The monoisotopic (exact) mass is 342 g/mol. The van der Waals surface area contributed by atoms with Crippen molar-refractivity contribution >= 4 is 22.9 Å². The molecule has 0 saturated carbocycles. The maximum atomic E-state index is 13.1. The van der Waals surface area contributed by atoms with Crippen molar-refractivity contribution in [3.63, 3.8) is 0 Å². The van der Waals surface area contributed by atoms with Gasteiger partial charge in [0, 0.05) is 11.8 Å². The van der Waals surface area contributed by atoms with Gasteiger partial charge in [-0.25, -0.2) is 9.37 Å². The molecule has 0 aliphatic heterocycles. The van der Waals surface area contributed by atoms with E-state index in [0.717, 1.165) is 10.6 Å². The normalized spacial score (nSPS) is 10.5. The summed E-state index contributed by atoms with van der Waals surface area (Å²) in [7, 11) is 1.57. The summed E-state index contributed by atoms with van der Waals surface area (Å²) in [5.41, 5.74) is 1.71. The average molecular weight is 342 g/mol. The molecule has 6 heteroatoms. The largest absolute Gasteiger partial charge is 0.497 e. The first-order valence-electron chi connectivity index (χ1n) is 7.25. The standard InChI is InChI=1S/C18H15FN2O2S/c1-11-20-16(17(24-11)12-6-8-13(19)9-7-12)18(22)21-14-4-3-5-15(10-14)23-2/h3-10H,1-2H3,(H,21,22). The number of hydrogen-bond acceptors (Lipinski definition) is 4. The fourth-order valence-electron chi connectivity index (χ4n) is 2.27. The van der Waals surface area contributed by atoms with Crippen LogP contribution in [0.25, 0.3) is 10.4 Å². The number of nitrogens with zero attached hydrogens (tertiary/aromatic N) is 1. The summed E-state index contributed by atoms with van der Waals surface area (Å²) in [4.78, 5) is 17.7. The fourth-order valence-corrected chi connectivity index (χ4v) is 3.19. The van der Waals surface area contributed by atoms with Crippen LogP contribution >= 0.6 is 11.3 Å². The Morgan fingerprint density at radius 3 is 2.67 bits per heavy atom. The lowest BCUT2D eigenvalue weighted by Crippen LogP contribution is -2.13. The van der Waals surface area contributed by atoms with Crippen LogP contribution in [-0.2, 0) is 0 Å². The van der Waals surface area contributed by atoms with E-state index in [0.29, 0.717) is 22.0 Å². The maximum absolute atomic E-state index is 13.1. The molecule has 0 radical (unpaired) electrons. The van der Waals surface area contributed by atoms with Crippen molar-refractivity contribution in [1.29, 1.82) is 0 Å². The third-order valence-electron chi connectivity index (χ3n) is 3.38. The van der Waals surface area contributed by atoms with Crippen molar-refractivity contribution in [3.8, 4) is 16.2 Å². The van der Waals surface area contributed by atoms with Crippen molar-refractivity contribution < 1.29 is 13.9 Å². The van der Waals surface area contributed by atoms with Crippen LogP contribution in [0.4, 0.5) is 10.1 Å². The van der Waals surface area contributed by atoms with Crippen LogP contribution in [0.3, 0.4) is 0 Å². The molecule has 0 spiro atoms. The van der Waals surface area contributed by atoms with E-state index in [9.17, 15) is 9.18 Å². The van der Waals surface area contributed by atoms with Crippen LogP contribution in [-0.4, -0.2) is 18.0 Å². The zero-order valence-corrected chi connectivity index (χ0v) is 14.0. The summed E-state index contributed by atoms with van der Waals surface area (Å²) in [5, 5.41) is 3.59. The van der Waals surface area contributed by atoms with Gasteiger partial charge in [-0.15, -0.1) is 11.3 Å². The molecule has 3 rings (SSSR count). The molecule has 0 saturated heterocycles. The Morgan fingerprint density at radius 1 is 1.21 bits per heavy atom. The molecule has 4 nitrogen and oxygen atoms in total. The summed E-state index contributed by atoms with van der Waals surface area (Å²) in [6, 6.07) is 13.1. The van der Waals surface area contributed by atoms with Crippen LogP contribution in [0.5, 0.6) is 5.75 Å². The Balaban J connectivity index is 1.91. The Morgan fingerprint density at radius 2 is 1.96 bits per heavy atom. The van der Waals surface area contributed by atoms with Gasteiger partial charge < -0.3 is 10.1 Å². The number of benzene rings is 2. The van der Waals surface area contributed by atoms with E-state index in [1.807, 2.05) is 6.92 Å². The maximum Gasteiger partial charge on any atom is 0.275 e. The third-order valence-corrected chi connectivity index (χ3v) is 4.40. The van der Waals surface area contributed by atoms with Crippen LogP contribution < -0.4 is 10.1 Å². The summed E-state index contributed by atoms with van der Waals surface area (Å²) in [6.07, 6.45) is 0. The number of rotatable bonds is 4. The van der Waals surface area contributed by atoms with Crippen molar-refractivity contribution in [2.24, 2.45) is 0 Å². The topological polar surface area (TPSA) is 51.2 Å². The Hall–Kier alpha value is -2.73. The first-order chi connectivity index (χ1) is 11.6. The molecule has 0 fully saturated rings. The highest BCUT2D eigenvalue weighted by Gasteiger charge is 2.18. The molecule has 3 aromatic rings. The predicted octanol–water partition coefficient (Wildman–Crippen LogP) is 4.52. The van der Waals surface area contributed by atoms with Crippen LogP contribution in [0, 0.1) is 12.7 Å². The van der Waals surface area contributed by atoms with Gasteiger partial charge in [-0.3, -0.25) is 4.79 Å². The Bertz CT molecular complexity index is 875.